The van der Waals surface area contributed by atoms with Gasteiger partial charge in [-0.25, -0.2) is 0 Å². The van der Waals surface area contributed by atoms with Crippen molar-refractivity contribution in [1.29, 1.82) is 0 Å². The van der Waals surface area contributed by atoms with Gasteiger partial charge in [-0.05, 0) is 50.4 Å². The molecular weight excluding hydrogens is 314 g/mol. The molecule has 2 rings (SSSR count). The number of likely N-dealkylation sites (N-methyl/N-ethyl adjacent to an activating group) is 1. The summed E-state index contributed by atoms with van der Waals surface area (Å²) in [5, 5.41) is 0. The topological polar surface area (TPSA) is 32.8 Å². The number of benzene rings is 1. The average Bonchev–Trinajstić information content (AvgIpc) is 2.55. The quantitative estimate of drug-likeness (QED) is 0.796. The first-order valence-corrected chi connectivity index (χ1v) is 8.39. The van der Waals surface area contributed by atoms with Crippen LogP contribution in [-0.4, -0.2) is 48.5 Å². The summed E-state index contributed by atoms with van der Waals surface area (Å²) >= 11 is 0. The molecule has 0 N–H and O–H groups in total. The van der Waals surface area contributed by atoms with Crippen molar-refractivity contribution < 1.29 is 18.3 Å². The van der Waals surface area contributed by atoms with E-state index in [9.17, 15) is 13.6 Å². The van der Waals surface area contributed by atoms with Gasteiger partial charge in [0.15, 0.2) is 0 Å². The molecule has 0 saturated carbocycles. The fourth-order valence-corrected chi connectivity index (χ4v) is 2.88. The number of amides is 1. The van der Waals surface area contributed by atoms with Crippen LogP contribution in [0.1, 0.15) is 32.3 Å². The van der Waals surface area contributed by atoms with Gasteiger partial charge in [-0.15, -0.1) is 0 Å². The molecule has 134 valence electrons. The largest absolute Gasteiger partial charge is 0.435 e. The zero-order chi connectivity index (χ0) is 17.7. The molecule has 1 saturated heterocycles. The lowest BCUT2D eigenvalue weighted by atomic mass is 9.98. The Morgan fingerprint density at radius 1 is 1.29 bits per heavy atom. The van der Waals surface area contributed by atoms with Gasteiger partial charge in [-0.2, -0.15) is 8.78 Å². The summed E-state index contributed by atoms with van der Waals surface area (Å²) in [5.41, 5.74) is 0.950. The zero-order valence-corrected chi connectivity index (χ0v) is 14.5. The summed E-state index contributed by atoms with van der Waals surface area (Å²) in [4.78, 5) is 16.5. The van der Waals surface area contributed by atoms with Gasteiger partial charge in [0.2, 0.25) is 5.91 Å². The third-order valence-corrected chi connectivity index (χ3v) is 4.69. The summed E-state index contributed by atoms with van der Waals surface area (Å²) in [5.74, 6) is 0.987. The average molecular weight is 340 g/mol. The molecule has 0 aliphatic carbocycles. The molecule has 1 heterocycles. The van der Waals surface area contributed by atoms with E-state index in [2.05, 4.69) is 11.7 Å². The second kappa shape index (κ2) is 8.42. The van der Waals surface area contributed by atoms with Crippen LogP contribution >= 0.6 is 0 Å². The van der Waals surface area contributed by atoms with Crippen molar-refractivity contribution in [2.45, 2.75) is 45.9 Å². The molecule has 1 atom stereocenters. The first-order chi connectivity index (χ1) is 11.4. The molecule has 6 heteroatoms. The van der Waals surface area contributed by atoms with E-state index >= 15 is 0 Å². The van der Waals surface area contributed by atoms with Crippen molar-refractivity contribution in [3.05, 3.63) is 29.8 Å². The zero-order valence-electron chi connectivity index (χ0n) is 14.5. The molecule has 1 aromatic rings. The van der Waals surface area contributed by atoms with Gasteiger partial charge in [-0.1, -0.05) is 19.1 Å². The molecule has 1 aromatic carbocycles. The van der Waals surface area contributed by atoms with Crippen LogP contribution in [0, 0.1) is 5.92 Å². The molecule has 4 nitrogen and oxygen atoms in total. The minimum Gasteiger partial charge on any atom is -0.435 e. The molecule has 1 unspecified atom stereocenters. The monoisotopic (exact) mass is 340 g/mol. The molecule has 1 aliphatic rings. The summed E-state index contributed by atoms with van der Waals surface area (Å²) < 4.78 is 28.6. The van der Waals surface area contributed by atoms with Crippen LogP contribution in [-0.2, 0) is 11.3 Å². The second-order valence-electron chi connectivity index (χ2n) is 6.62. The standard InChI is InChI=1S/C18H26F2N2O2/c1-13-8-10-22(11-9-13)17(23)14(2)21(3)12-15-4-6-16(7-5-15)24-18(19)20/h4-7,13-14,18H,8-12H2,1-3H3. The number of likely N-dealkylation sites (tertiary alicyclic amines) is 1. The van der Waals surface area contributed by atoms with Crippen LogP contribution in [0.15, 0.2) is 24.3 Å². The third kappa shape index (κ3) is 5.16. The van der Waals surface area contributed by atoms with Gasteiger partial charge in [0.1, 0.15) is 5.75 Å². The number of hydrogen-bond donors (Lipinski definition) is 0. The first kappa shape index (κ1) is 18.6. The highest BCUT2D eigenvalue weighted by atomic mass is 19.3. The number of alkyl halides is 2. The van der Waals surface area contributed by atoms with Crippen molar-refractivity contribution in [2.24, 2.45) is 5.92 Å². The van der Waals surface area contributed by atoms with Gasteiger partial charge in [0.25, 0.3) is 0 Å². The molecule has 1 fully saturated rings. The van der Waals surface area contributed by atoms with Crippen LogP contribution in [0.2, 0.25) is 0 Å². The summed E-state index contributed by atoms with van der Waals surface area (Å²) in [6.45, 7) is 3.55. The van der Waals surface area contributed by atoms with E-state index in [0.717, 1.165) is 31.5 Å². The fraction of sp³-hybridized carbons (Fsp3) is 0.611. The van der Waals surface area contributed by atoms with E-state index in [0.29, 0.717) is 12.5 Å². The van der Waals surface area contributed by atoms with Crippen LogP contribution < -0.4 is 4.74 Å². The Bertz CT molecular complexity index is 528. The second-order valence-corrected chi connectivity index (χ2v) is 6.62. The van der Waals surface area contributed by atoms with Gasteiger partial charge in [0.05, 0.1) is 6.04 Å². The Morgan fingerprint density at radius 3 is 2.42 bits per heavy atom. The van der Waals surface area contributed by atoms with Crippen LogP contribution in [0.3, 0.4) is 0 Å². The van der Waals surface area contributed by atoms with E-state index < -0.39 is 6.61 Å². The summed E-state index contributed by atoms with van der Waals surface area (Å²) in [6, 6.07) is 6.32. The Labute approximate surface area is 142 Å². The van der Waals surface area contributed by atoms with Crippen molar-refractivity contribution in [3.63, 3.8) is 0 Å². The number of ether oxygens (including phenoxy) is 1. The van der Waals surface area contributed by atoms with Gasteiger partial charge in [0, 0.05) is 19.6 Å². The molecule has 1 amide bonds. The molecule has 0 bridgehead atoms. The molecular formula is C18H26F2N2O2. The molecule has 0 radical (unpaired) electrons. The lowest BCUT2D eigenvalue weighted by Gasteiger charge is -2.34. The summed E-state index contributed by atoms with van der Waals surface area (Å²) in [7, 11) is 1.90. The Hall–Kier alpha value is -1.69. The predicted octanol–water partition coefficient (Wildman–Crippen LogP) is 3.37. The molecule has 0 spiro atoms. The van der Waals surface area contributed by atoms with Crippen LogP contribution in [0.5, 0.6) is 5.75 Å². The number of nitrogens with zero attached hydrogens (tertiary/aromatic N) is 2. The van der Waals surface area contributed by atoms with Crippen molar-refractivity contribution in [1.82, 2.24) is 9.80 Å². The number of piperidine rings is 1. The highest BCUT2D eigenvalue weighted by Crippen LogP contribution is 2.19. The summed E-state index contributed by atoms with van der Waals surface area (Å²) in [6.07, 6.45) is 2.13. The Morgan fingerprint density at radius 2 is 1.88 bits per heavy atom. The maximum Gasteiger partial charge on any atom is 0.387 e. The Kier molecular flexibility index (Phi) is 6.54. The minimum atomic E-state index is -2.82. The molecule has 24 heavy (non-hydrogen) atoms. The highest BCUT2D eigenvalue weighted by Gasteiger charge is 2.26. The number of rotatable bonds is 6. The molecule has 1 aliphatic heterocycles. The number of hydrogen-bond acceptors (Lipinski definition) is 3. The highest BCUT2D eigenvalue weighted by molar-refractivity contribution is 5.81. The first-order valence-electron chi connectivity index (χ1n) is 8.39. The van der Waals surface area contributed by atoms with E-state index in [1.165, 1.54) is 12.1 Å². The number of carbonyl (C=O) groups is 1. The lowest BCUT2D eigenvalue weighted by molar-refractivity contribution is -0.137. The van der Waals surface area contributed by atoms with E-state index in [1.807, 2.05) is 23.8 Å². The molecule has 0 aromatic heterocycles. The minimum absolute atomic E-state index is 0.142. The normalized spacial score (nSPS) is 17.4. The van der Waals surface area contributed by atoms with Gasteiger partial charge < -0.3 is 9.64 Å². The predicted molar refractivity (Wildman–Crippen MR) is 89.0 cm³/mol. The van der Waals surface area contributed by atoms with E-state index in [4.69, 9.17) is 0 Å². The van der Waals surface area contributed by atoms with Gasteiger partial charge >= 0.3 is 6.61 Å². The smallest absolute Gasteiger partial charge is 0.387 e. The SMILES string of the molecule is CC1CCN(C(=O)C(C)N(C)Cc2ccc(OC(F)F)cc2)CC1. The number of carbonyl (C=O) groups excluding carboxylic acids is 1. The van der Waals surface area contributed by atoms with Crippen molar-refractivity contribution >= 4 is 5.91 Å². The van der Waals surface area contributed by atoms with Gasteiger partial charge in [-0.3, -0.25) is 9.69 Å². The van der Waals surface area contributed by atoms with E-state index in [1.54, 1.807) is 12.1 Å². The van der Waals surface area contributed by atoms with Crippen LogP contribution in [0.4, 0.5) is 8.78 Å². The van der Waals surface area contributed by atoms with Crippen LogP contribution in [0.25, 0.3) is 0 Å². The third-order valence-electron chi connectivity index (χ3n) is 4.69. The maximum atomic E-state index is 12.6. The Balaban J connectivity index is 1.88. The number of halogens is 2. The van der Waals surface area contributed by atoms with Crippen molar-refractivity contribution in [2.75, 3.05) is 20.1 Å². The lowest BCUT2D eigenvalue weighted by Crippen LogP contribution is -2.48. The van der Waals surface area contributed by atoms with Crippen molar-refractivity contribution in [3.8, 4) is 5.75 Å². The van der Waals surface area contributed by atoms with E-state index in [-0.39, 0.29) is 17.7 Å². The fourth-order valence-electron chi connectivity index (χ4n) is 2.88. The maximum absolute atomic E-state index is 12.6.